The van der Waals surface area contributed by atoms with E-state index in [0.29, 0.717) is 37.6 Å². The lowest BCUT2D eigenvalue weighted by Crippen LogP contribution is -2.12. The summed E-state index contributed by atoms with van der Waals surface area (Å²) < 4.78 is 21.6. The molecule has 2 aromatic rings. The van der Waals surface area contributed by atoms with Crippen LogP contribution >= 0.6 is 136 Å². The first-order chi connectivity index (χ1) is 15.6. The minimum absolute atomic E-state index is 0.207. The molecule has 0 aromatic heterocycles. The van der Waals surface area contributed by atoms with Gasteiger partial charge in [-0.2, -0.15) is 0 Å². The smallest absolute Gasteiger partial charge is 0.340 e. The van der Waals surface area contributed by atoms with Crippen molar-refractivity contribution in [3.8, 4) is 0 Å². The second kappa shape index (κ2) is 18.1. The summed E-state index contributed by atoms with van der Waals surface area (Å²) in [7, 11) is 0. The predicted octanol–water partition coefficient (Wildman–Crippen LogP) is 8.15. The first-order valence-corrected chi connectivity index (χ1v) is 16.3. The van der Waals surface area contributed by atoms with Crippen LogP contribution in [0.15, 0.2) is 24.3 Å². The molecule has 0 bridgehead atoms. The van der Waals surface area contributed by atoms with Crippen LogP contribution < -0.4 is 0 Å². The summed E-state index contributed by atoms with van der Waals surface area (Å²) in [6, 6.07) is 7.70. The average Bonchev–Trinajstić information content (AvgIpc) is 2.77. The Kier molecular flexibility index (Phi) is 17.9. The van der Waals surface area contributed by atoms with Crippen molar-refractivity contribution < 1.29 is 23.8 Å². The number of unbranched alkanes of at least 4 members (excludes halogenated alkanes) is 1. The van der Waals surface area contributed by atoms with E-state index >= 15 is 0 Å². The highest BCUT2D eigenvalue weighted by Gasteiger charge is 2.19. The van der Waals surface area contributed by atoms with Gasteiger partial charge in [0.05, 0.1) is 24.3 Å². The number of esters is 2. The minimum atomic E-state index is -0.289. The number of halogens is 6. The molecule has 0 aliphatic carbocycles. The topological polar surface area (TPSA) is 61.8 Å². The van der Waals surface area contributed by atoms with Crippen molar-refractivity contribution >= 4 is 147 Å². The Morgan fingerprint density at radius 2 is 1.42 bits per heavy atom. The Balaban J connectivity index is 0.000000331. The molecule has 182 valence electrons. The van der Waals surface area contributed by atoms with Crippen molar-refractivity contribution in [3.63, 3.8) is 0 Å². The Bertz CT molecular complexity index is 951. The normalized spacial score (nSPS) is 10.3. The Labute approximate surface area is 276 Å². The molecule has 33 heavy (non-hydrogen) atoms. The molecule has 5 nitrogen and oxygen atoms in total. The fourth-order valence-corrected chi connectivity index (χ4v) is 7.49. The van der Waals surface area contributed by atoms with Gasteiger partial charge in [-0.1, -0.05) is 13.3 Å². The maximum atomic E-state index is 12.0. The Hall–Kier alpha value is 1.72. The van der Waals surface area contributed by atoms with Crippen molar-refractivity contribution in [2.45, 2.75) is 26.7 Å². The number of carbonyl (C=O) groups is 2. The van der Waals surface area contributed by atoms with Gasteiger partial charge in [0.25, 0.3) is 0 Å². The molecule has 0 saturated heterocycles. The van der Waals surface area contributed by atoms with E-state index in [0.717, 1.165) is 30.7 Å². The molecule has 0 amide bonds. The fraction of sp³-hybridized carbons (Fsp3) is 0.364. The van der Waals surface area contributed by atoms with E-state index in [1.165, 1.54) is 3.57 Å². The number of ether oxygens (including phenoxy) is 3. The van der Waals surface area contributed by atoms with E-state index in [9.17, 15) is 9.59 Å². The van der Waals surface area contributed by atoms with Crippen molar-refractivity contribution in [2.24, 2.45) is 0 Å². The molecule has 11 heteroatoms. The van der Waals surface area contributed by atoms with Crippen LogP contribution in [-0.4, -0.2) is 38.4 Å². The molecule has 0 aliphatic rings. The molecule has 0 radical (unpaired) electrons. The van der Waals surface area contributed by atoms with Crippen molar-refractivity contribution in [1.82, 2.24) is 0 Å². The van der Waals surface area contributed by atoms with Gasteiger partial charge in [-0.3, -0.25) is 0 Å². The second-order valence-corrected chi connectivity index (χ2v) is 13.2. The third-order valence-corrected chi connectivity index (χ3v) is 11.4. The highest BCUT2D eigenvalue weighted by molar-refractivity contribution is 14.1. The SMILES string of the molecule is CCCCOC(=O)c1c(I)cc(I)c(I)c1I.CCOCCOC(=O)c1cc(I)ccc1I. The van der Waals surface area contributed by atoms with Gasteiger partial charge in [0.15, 0.2) is 0 Å². The molecular weight excluding hydrogens is 1110 g/mol. The van der Waals surface area contributed by atoms with Crippen LogP contribution in [0.4, 0.5) is 0 Å². The molecule has 0 saturated carbocycles. The van der Waals surface area contributed by atoms with E-state index < -0.39 is 0 Å². The number of carbonyl (C=O) groups excluding carboxylic acids is 2. The zero-order valence-electron chi connectivity index (χ0n) is 17.9. The first kappa shape index (κ1) is 32.7. The second-order valence-electron chi connectivity index (χ2n) is 6.29. The summed E-state index contributed by atoms with van der Waals surface area (Å²) in [4.78, 5) is 23.7. The summed E-state index contributed by atoms with van der Waals surface area (Å²) in [5.74, 6) is -0.496. The molecule has 0 N–H and O–H groups in total. The number of hydrogen-bond donors (Lipinski definition) is 0. The lowest BCUT2D eigenvalue weighted by atomic mass is 10.2. The molecule has 0 fully saturated rings. The average molecular weight is 1130 g/mol. The fourth-order valence-electron chi connectivity index (χ4n) is 2.20. The van der Waals surface area contributed by atoms with Crippen LogP contribution in [-0.2, 0) is 14.2 Å². The number of benzene rings is 2. The third kappa shape index (κ3) is 11.8. The van der Waals surface area contributed by atoms with Gasteiger partial charge in [0, 0.05) is 28.0 Å². The van der Waals surface area contributed by atoms with Crippen LogP contribution in [0.1, 0.15) is 47.4 Å². The number of hydrogen-bond acceptors (Lipinski definition) is 5. The highest BCUT2D eigenvalue weighted by atomic mass is 127. The van der Waals surface area contributed by atoms with Gasteiger partial charge in [0.2, 0.25) is 0 Å². The van der Waals surface area contributed by atoms with E-state index in [1.54, 1.807) is 0 Å². The molecule has 0 spiro atoms. The molecule has 2 aromatic carbocycles. The van der Waals surface area contributed by atoms with E-state index in [4.69, 9.17) is 14.2 Å². The van der Waals surface area contributed by atoms with Gasteiger partial charge in [-0.05, 0) is 173 Å². The van der Waals surface area contributed by atoms with Gasteiger partial charge in [0.1, 0.15) is 6.61 Å². The molecular formula is C22H22I6O5. The zero-order valence-corrected chi connectivity index (χ0v) is 30.8. The van der Waals surface area contributed by atoms with Crippen molar-refractivity contribution in [3.05, 3.63) is 56.8 Å². The van der Waals surface area contributed by atoms with Crippen LogP contribution in [0, 0.1) is 21.4 Å². The standard InChI is InChI=1S/C11H10I4O2.C11H12I2O3/c1-2-3-4-17-11(16)8-6(12)5-7(13)9(14)10(8)15;1-2-15-5-6-16-11(14)9-7-8(12)3-4-10(9)13/h5H,2-4H2,1H3;3-4,7H,2,5-6H2,1H3. The molecule has 0 heterocycles. The van der Waals surface area contributed by atoms with Crippen LogP contribution in [0.3, 0.4) is 0 Å². The van der Waals surface area contributed by atoms with Gasteiger partial charge < -0.3 is 14.2 Å². The van der Waals surface area contributed by atoms with Crippen molar-refractivity contribution in [1.29, 1.82) is 0 Å². The highest BCUT2D eigenvalue weighted by Crippen LogP contribution is 2.29. The van der Waals surface area contributed by atoms with Gasteiger partial charge >= 0.3 is 11.9 Å². The summed E-state index contributed by atoms with van der Waals surface area (Å²) in [5.41, 5.74) is 1.32. The summed E-state index contributed by atoms with van der Waals surface area (Å²) >= 11 is 13.2. The monoisotopic (exact) mass is 1130 g/mol. The lowest BCUT2D eigenvalue weighted by Gasteiger charge is -2.10. The van der Waals surface area contributed by atoms with Crippen molar-refractivity contribution in [2.75, 3.05) is 26.4 Å². The maximum absolute atomic E-state index is 12.0. The summed E-state index contributed by atoms with van der Waals surface area (Å²) in [6.45, 7) is 5.87. The zero-order chi connectivity index (χ0) is 25.0. The molecule has 0 aliphatic heterocycles. The largest absolute Gasteiger partial charge is 0.462 e. The van der Waals surface area contributed by atoms with Gasteiger partial charge in [-0.15, -0.1) is 0 Å². The molecule has 2 rings (SSSR count). The molecule has 0 atom stereocenters. The van der Waals surface area contributed by atoms with Crippen LogP contribution in [0.25, 0.3) is 0 Å². The van der Waals surface area contributed by atoms with Gasteiger partial charge in [-0.25, -0.2) is 9.59 Å². The Morgan fingerprint density at radius 3 is 2.06 bits per heavy atom. The summed E-state index contributed by atoms with van der Waals surface area (Å²) in [6.07, 6.45) is 1.95. The number of rotatable bonds is 9. The molecule has 0 unspecified atom stereocenters. The summed E-state index contributed by atoms with van der Waals surface area (Å²) in [5, 5.41) is 0. The minimum Gasteiger partial charge on any atom is -0.462 e. The third-order valence-electron chi connectivity index (χ3n) is 3.86. The first-order valence-electron chi connectivity index (χ1n) is 9.83. The Morgan fingerprint density at radius 1 is 0.758 bits per heavy atom. The van der Waals surface area contributed by atoms with E-state index in [-0.39, 0.29) is 11.9 Å². The van der Waals surface area contributed by atoms with E-state index in [2.05, 4.69) is 142 Å². The predicted molar refractivity (Wildman–Crippen MR) is 181 cm³/mol. The quantitative estimate of drug-likeness (QED) is 0.0836. The van der Waals surface area contributed by atoms with Crippen LogP contribution in [0.2, 0.25) is 0 Å². The lowest BCUT2D eigenvalue weighted by molar-refractivity contribution is 0.0334. The maximum Gasteiger partial charge on any atom is 0.340 e. The van der Waals surface area contributed by atoms with E-state index in [1.807, 2.05) is 31.2 Å². The van der Waals surface area contributed by atoms with Crippen LogP contribution in [0.5, 0.6) is 0 Å².